The van der Waals surface area contributed by atoms with Crippen LogP contribution in [0.2, 0.25) is 0 Å². The summed E-state index contributed by atoms with van der Waals surface area (Å²) < 4.78 is 11.3. The van der Waals surface area contributed by atoms with Gasteiger partial charge in [0, 0.05) is 31.4 Å². The molecule has 1 aromatic carbocycles. The van der Waals surface area contributed by atoms with Crippen LogP contribution in [0.15, 0.2) is 30.7 Å². The van der Waals surface area contributed by atoms with Crippen LogP contribution in [-0.4, -0.2) is 23.2 Å². The third-order valence-electron chi connectivity index (χ3n) is 3.01. The molecule has 3 rings (SSSR count). The number of imidazole rings is 1. The average Bonchev–Trinajstić information content (AvgIpc) is 2.83. The number of benzene rings is 1. The molecule has 100 valence electrons. The second kappa shape index (κ2) is 5.75. The molecule has 0 atom stereocenters. The molecule has 2 aromatic rings. The van der Waals surface area contributed by atoms with E-state index in [4.69, 9.17) is 9.47 Å². The van der Waals surface area contributed by atoms with Crippen molar-refractivity contribution in [3.05, 3.63) is 42.0 Å². The fourth-order valence-corrected chi connectivity index (χ4v) is 2.04. The van der Waals surface area contributed by atoms with E-state index in [0.29, 0.717) is 0 Å². The zero-order valence-corrected chi connectivity index (χ0v) is 10.7. The Morgan fingerprint density at radius 3 is 2.89 bits per heavy atom. The van der Waals surface area contributed by atoms with Gasteiger partial charge in [0.15, 0.2) is 11.5 Å². The molecule has 5 nitrogen and oxygen atoms in total. The zero-order valence-electron chi connectivity index (χ0n) is 10.7. The van der Waals surface area contributed by atoms with Crippen LogP contribution in [0, 0.1) is 0 Å². The van der Waals surface area contributed by atoms with E-state index in [1.54, 1.807) is 6.33 Å². The quantitative estimate of drug-likeness (QED) is 0.880. The fraction of sp³-hybridized carbons (Fsp3) is 0.357. The number of hydrogen-bond acceptors (Lipinski definition) is 4. The van der Waals surface area contributed by atoms with Gasteiger partial charge < -0.3 is 19.8 Å². The standard InChI is InChI=1S/C14H17N3O2/c1-4-18-13-3-2-11(6-14(13)19-5-1)7-15-8-12-9-16-10-17-12/h2-3,6,9-10,15H,1,4-5,7-8H2,(H,16,17). The summed E-state index contributed by atoms with van der Waals surface area (Å²) in [5.41, 5.74) is 2.26. The van der Waals surface area contributed by atoms with Gasteiger partial charge in [0.05, 0.1) is 19.5 Å². The van der Waals surface area contributed by atoms with Gasteiger partial charge >= 0.3 is 0 Å². The summed E-state index contributed by atoms with van der Waals surface area (Å²) in [7, 11) is 0. The maximum Gasteiger partial charge on any atom is 0.161 e. The Morgan fingerprint density at radius 2 is 2.05 bits per heavy atom. The van der Waals surface area contributed by atoms with Gasteiger partial charge in [-0.25, -0.2) is 4.98 Å². The summed E-state index contributed by atoms with van der Waals surface area (Å²) in [5.74, 6) is 1.69. The number of H-pyrrole nitrogens is 1. The minimum absolute atomic E-state index is 0.720. The van der Waals surface area contributed by atoms with E-state index in [9.17, 15) is 0 Å². The molecule has 19 heavy (non-hydrogen) atoms. The van der Waals surface area contributed by atoms with Crippen molar-refractivity contribution in [2.24, 2.45) is 0 Å². The summed E-state index contributed by atoms with van der Waals surface area (Å²) in [6.45, 7) is 3.01. The lowest BCUT2D eigenvalue weighted by Crippen LogP contribution is -2.12. The molecule has 0 spiro atoms. The minimum atomic E-state index is 0.720. The lowest BCUT2D eigenvalue weighted by atomic mass is 10.2. The summed E-state index contributed by atoms with van der Waals surface area (Å²) >= 11 is 0. The number of aromatic nitrogens is 2. The number of rotatable bonds is 4. The summed E-state index contributed by atoms with van der Waals surface area (Å²) in [5, 5.41) is 3.36. The summed E-state index contributed by atoms with van der Waals surface area (Å²) in [4.78, 5) is 7.05. The van der Waals surface area contributed by atoms with Crippen LogP contribution < -0.4 is 14.8 Å². The van der Waals surface area contributed by atoms with Crippen LogP contribution in [0.4, 0.5) is 0 Å². The Kier molecular flexibility index (Phi) is 3.65. The van der Waals surface area contributed by atoms with Crippen molar-refractivity contribution in [2.75, 3.05) is 13.2 Å². The van der Waals surface area contributed by atoms with Crippen molar-refractivity contribution in [2.45, 2.75) is 19.5 Å². The molecule has 0 radical (unpaired) electrons. The third kappa shape index (κ3) is 3.06. The van der Waals surface area contributed by atoms with Crippen LogP contribution in [0.5, 0.6) is 11.5 Å². The minimum Gasteiger partial charge on any atom is -0.490 e. The molecule has 1 aliphatic heterocycles. The van der Waals surface area contributed by atoms with Gasteiger partial charge in [-0.2, -0.15) is 0 Å². The lowest BCUT2D eigenvalue weighted by molar-refractivity contribution is 0.297. The maximum atomic E-state index is 5.67. The first-order chi connectivity index (χ1) is 9.42. The molecule has 1 aromatic heterocycles. The van der Waals surface area contributed by atoms with Crippen molar-refractivity contribution >= 4 is 0 Å². The van der Waals surface area contributed by atoms with Crippen LogP contribution in [0.3, 0.4) is 0 Å². The highest BCUT2D eigenvalue weighted by Crippen LogP contribution is 2.30. The van der Waals surface area contributed by atoms with Gasteiger partial charge in [0.25, 0.3) is 0 Å². The van der Waals surface area contributed by atoms with Gasteiger partial charge in [-0.15, -0.1) is 0 Å². The molecule has 0 saturated carbocycles. The first-order valence-corrected chi connectivity index (χ1v) is 6.48. The molecule has 1 aliphatic rings. The van der Waals surface area contributed by atoms with Crippen LogP contribution in [0.25, 0.3) is 0 Å². The van der Waals surface area contributed by atoms with Crippen LogP contribution >= 0.6 is 0 Å². The number of nitrogens with zero attached hydrogens (tertiary/aromatic N) is 1. The molecule has 0 unspecified atom stereocenters. The Balaban J connectivity index is 1.60. The Hall–Kier alpha value is -2.01. The molecule has 0 amide bonds. The van der Waals surface area contributed by atoms with Crippen molar-refractivity contribution in [1.82, 2.24) is 15.3 Å². The summed E-state index contributed by atoms with van der Waals surface area (Å²) in [6.07, 6.45) is 4.44. The third-order valence-corrected chi connectivity index (χ3v) is 3.01. The van der Waals surface area contributed by atoms with E-state index in [2.05, 4.69) is 21.4 Å². The summed E-state index contributed by atoms with van der Waals surface area (Å²) in [6, 6.07) is 6.09. The van der Waals surface area contributed by atoms with Gasteiger partial charge in [0.2, 0.25) is 0 Å². The normalized spacial score (nSPS) is 14.1. The number of ether oxygens (including phenoxy) is 2. The van der Waals surface area contributed by atoms with Gasteiger partial charge in [-0.3, -0.25) is 0 Å². The molecule has 0 bridgehead atoms. The van der Waals surface area contributed by atoms with Gasteiger partial charge in [0.1, 0.15) is 0 Å². The highest BCUT2D eigenvalue weighted by molar-refractivity contribution is 5.43. The maximum absolute atomic E-state index is 5.67. The first kappa shape index (κ1) is 12.0. The largest absolute Gasteiger partial charge is 0.490 e. The van der Waals surface area contributed by atoms with E-state index < -0.39 is 0 Å². The van der Waals surface area contributed by atoms with Crippen molar-refractivity contribution in [3.8, 4) is 11.5 Å². The number of nitrogens with one attached hydrogen (secondary N) is 2. The topological polar surface area (TPSA) is 59.2 Å². The van der Waals surface area contributed by atoms with Gasteiger partial charge in [-0.1, -0.05) is 6.07 Å². The molecule has 5 heteroatoms. The molecular formula is C14H17N3O2. The van der Waals surface area contributed by atoms with E-state index in [1.165, 1.54) is 5.56 Å². The molecule has 0 fully saturated rings. The monoisotopic (exact) mass is 259 g/mol. The van der Waals surface area contributed by atoms with Gasteiger partial charge in [-0.05, 0) is 17.7 Å². The molecule has 2 N–H and O–H groups in total. The second-order valence-corrected chi connectivity index (χ2v) is 4.51. The molecule has 0 saturated heterocycles. The van der Waals surface area contributed by atoms with E-state index in [1.807, 2.05) is 18.3 Å². The Morgan fingerprint density at radius 1 is 1.16 bits per heavy atom. The second-order valence-electron chi connectivity index (χ2n) is 4.51. The van der Waals surface area contributed by atoms with Crippen molar-refractivity contribution in [3.63, 3.8) is 0 Å². The molecule has 0 aliphatic carbocycles. The van der Waals surface area contributed by atoms with Crippen molar-refractivity contribution < 1.29 is 9.47 Å². The number of aromatic amines is 1. The predicted molar refractivity (Wildman–Crippen MR) is 71.2 cm³/mol. The highest BCUT2D eigenvalue weighted by atomic mass is 16.5. The fourth-order valence-electron chi connectivity index (χ4n) is 2.04. The lowest BCUT2D eigenvalue weighted by Gasteiger charge is -2.09. The van der Waals surface area contributed by atoms with E-state index >= 15 is 0 Å². The van der Waals surface area contributed by atoms with Crippen LogP contribution in [0.1, 0.15) is 17.7 Å². The predicted octanol–water partition coefficient (Wildman–Crippen LogP) is 1.86. The van der Waals surface area contributed by atoms with Crippen molar-refractivity contribution in [1.29, 1.82) is 0 Å². The number of hydrogen-bond donors (Lipinski definition) is 2. The Labute approximate surface area is 112 Å². The molecular weight excluding hydrogens is 242 g/mol. The Bertz CT molecular complexity index is 525. The first-order valence-electron chi connectivity index (χ1n) is 6.48. The average molecular weight is 259 g/mol. The molecule has 2 heterocycles. The van der Waals surface area contributed by atoms with E-state index in [-0.39, 0.29) is 0 Å². The van der Waals surface area contributed by atoms with E-state index in [0.717, 1.165) is 49.9 Å². The smallest absolute Gasteiger partial charge is 0.161 e. The van der Waals surface area contributed by atoms with Crippen LogP contribution in [-0.2, 0) is 13.1 Å². The highest BCUT2D eigenvalue weighted by Gasteiger charge is 2.10. The number of fused-ring (bicyclic) bond motifs is 1. The zero-order chi connectivity index (χ0) is 12.9. The SMILES string of the molecule is c1ncc(CNCc2ccc3c(c2)OCCCO3)[nH]1.